The van der Waals surface area contributed by atoms with Crippen LogP contribution in [0.5, 0.6) is 0 Å². The van der Waals surface area contributed by atoms with Crippen molar-refractivity contribution < 1.29 is 4.79 Å². The second kappa shape index (κ2) is 4.86. The summed E-state index contributed by atoms with van der Waals surface area (Å²) in [6.45, 7) is 0. The molecule has 1 aromatic carbocycles. The molecule has 0 unspecified atom stereocenters. The Balaban J connectivity index is 2.35. The van der Waals surface area contributed by atoms with Crippen molar-refractivity contribution in [1.82, 2.24) is 0 Å². The van der Waals surface area contributed by atoms with Gasteiger partial charge in [-0.25, -0.2) is 4.79 Å². The number of hydrogen-bond acceptors (Lipinski definition) is 3. The van der Waals surface area contributed by atoms with E-state index in [-0.39, 0.29) is 5.54 Å². The fourth-order valence-electron chi connectivity index (χ4n) is 2.41. The fraction of sp³-hybridized carbons (Fsp3) is 0.462. The minimum absolute atomic E-state index is 0.279. The molecule has 16 heavy (non-hydrogen) atoms. The second-order valence-electron chi connectivity index (χ2n) is 4.17. The summed E-state index contributed by atoms with van der Waals surface area (Å²) < 4.78 is 0. The van der Waals surface area contributed by atoms with E-state index in [2.05, 4.69) is 35.5 Å². The van der Waals surface area contributed by atoms with E-state index in [1.807, 2.05) is 0 Å². The summed E-state index contributed by atoms with van der Waals surface area (Å²) in [6, 6.07) is 8.39. The molecule has 0 amide bonds. The van der Waals surface area contributed by atoms with E-state index in [9.17, 15) is 4.79 Å². The zero-order chi connectivity index (χ0) is 11.4. The van der Waals surface area contributed by atoms with Crippen molar-refractivity contribution in [3.63, 3.8) is 0 Å². The van der Waals surface area contributed by atoms with Crippen LogP contribution in [0, 0.1) is 0 Å². The first-order chi connectivity index (χ1) is 7.80. The van der Waals surface area contributed by atoms with E-state index in [4.69, 9.17) is 0 Å². The molecule has 0 atom stereocenters. The van der Waals surface area contributed by atoms with E-state index in [1.54, 1.807) is 17.8 Å². The highest BCUT2D eigenvalue weighted by Gasteiger charge is 2.35. The first kappa shape index (κ1) is 11.4. The van der Waals surface area contributed by atoms with Crippen LogP contribution in [0.1, 0.15) is 31.2 Å². The lowest BCUT2D eigenvalue weighted by Crippen LogP contribution is -2.18. The molecule has 2 nitrogen and oxygen atoms in total. The summed E-state index contributed by atoms with van der Waals surface area (Å²) >= 11 is 1.72. The Morgan fingerprint density at radius 1 is 1.25 bits per heavy atom. The fourth-order valence-corrected chi connectivity index (χ4v) is 2.82. The summed E-state index contributed by atoms with van der Waals surface area (Å²) in [5.74, 6) is 0. The maximum Gasteiger partial charge on any atom is 0.235 e. The maximum atomic E-state index is 10.6. The van der Waals surface area contributed by atoms with Crippen molar-refractivity contribution >= 4 is 17.8 Å². The predicted molar refractivity (Wildman–Crippen MR) is 66.5 cm³/mol. The van der Waals surface area contributed by atoms with Crippen LogP contribution in [-0.4, -0.2) is 12.3 Å². The average molecular weight is 233 g/mol. The molecule has 0 bridgehead atoms. The van der Waals surface area contributed by atoms with Crippen LogP contribution in [-0.2, 0) is 10.3 Å². The van der Waals surface area contributed by atoms with E-state index in [0.717, 1.165) is 31.2 Å². The largest absolute Gasteiger partial charge is 0.235 e. The van der Waals surface area contributed by atoms with Crippen molar-refractivity contribution in [2.24, 2.45) is 4.99 Å². The summed E-state index contributed by atoms with van der Waals surface area (Å²) in [5, 5.41) is 0. The smallest absolute Gasteiger partial charge is 0.211 e. The molecule has 1 aliphatic rings. The number of benzene rings is 1. The molecule has 1 aromatic rings. The minimum Gasteiger partial charge on any atom is -0.211 e. The molecular formula is C13H15NOS. The number of thioether (sulfide) groups is 1. The first-order valence-corrected chi connectivity index (χ1v) is 6.77. The van der Waals surface area contributed by atoms with Crippen LogP contribution < -0.4 is 0 Å². The zero-order valence-corrected chi connectivity index (χ0v) is 10.2. The van der Waals surface area contributed by atoms with Gasteiger partial charge < -0.3 is 0 Å². The lowest BCUT2D eigenvalue weighted by Gasteiger charge is -2.22. The third-order valence-corrected chi connectivity index (χ3v) is 4.06. The third kappa shape index (κ3) is 2.06. The highest BCUT2D eigenvalue weighted by molar-refractivity contribution is 7.98. The Kier molecular flexibility index (Phi) is 3.47. The van der Waals surface area contributed by atoms with Gasteiger partial charge in [0.15, 0.2) is 0 Å². The van der Waals surface area contributed by atoms with Crippen molar-refractivity contribution in [2.45, 2.75) is 36.1 Å². The van der Waals surface area contributed by atoms with Crippen molar-refractivity contribution in [1.29, 1.82) is 0 Å². The van der Waals surface area contributed by atoms with Gasteiger partial charge in [-0.3, -0.25) is 0 Å². The van der Waals surface area contributed by atoms with Crippen LogP contribution in [0.3, 0.4) is 0 Å². The third-order valence-electron chi connectivity index (χ3n) is 3.32. The molecule has 2 rings (SSSR count). The van der Waals surface area contributed by atoms with Gasteiger partial charge in [0.25, 0.3) is 0 Å². The molecule has 0 aliphatic heterocycles. The van der Waals surface area contributed by atoms with Crippen molar-refractivity contribution in [2.75, 3.05) is 6.26 Å². The van der Waals surface area contributed by atoms with Crippen LogP contribution in [0.15, 0.2) is 34.2 Å². The zero-order valence-electron chi connectivity index (χ0n) is 9.40. The maximum absolute atomic E-state index is 10.6. The van der Waals surface area contributed by atoms with Crippen LogP contribution in [0.4, 0.5) is 0 Å². The van der Waals surface area contributed by atoms with Gasteiger partial charge in [0.1, 0.15) is 0 Å². The minimum atomic E-state index is -0.279. The Labute approximate surface area is 100 Å². The van der Waals surface area contributed by atoms with E-state index < -0.39 is 0 Å². The number of nitrogens with zero attached hydrogens (tertiary/aromatic N) is 1. The molecule has 84 valence electrons. The van der Waals surface area contributed by atoms with Gasteiger partial charge >= 0.3 is 0 Å². The number of isocyanates is 1. The Morgan fingerprint density at radius 3 is 2.38 bits per heavy atom. The number of rotatable bonds is 3. The highest BCUT2D eigenvalue weighted by Crippen LogP contribution is 2.42. The lowest BCUT2D eigenvalue weighted by molar-refractivity contribution is 0.455. The monoisotopic (exact) mass is 233 g/mol. The van der Waals surface area contributed by atoms with E-state index in [0.29, 0.717) is 0 Å². The standard InChI is InChI=1S/C13H15NOS/c1-16-12-6-4-11(5-7-12)13(14-10-15)8-2-3-9-13/h4-7H,2-3,8-9H2,1H3. The topological polar surface area (TPSA) is 29.4 Å². The molecule has 1 aliphatic carbocycles. The van der Waals surface area contributed by atoms with Gasteiger partial charge in [-0.1, -0.05) is 25.0 Å². The molecule has 0 heterocycles. The molecule has 0 spiro atoms. The quantitative estimate of drug-likeness (QED) is 0.454. The average Bonchev–Trinajstić information content (AvgIpc) is 2.80. The normalized spacial score (nSPS) is 18.1. The van der Waals surface area contributed by atoms with Gasteiger partial charge in [0.2, 0.25) is 6.08 Å². The molecule has 0 saturated heterocycles. The van der Waals surface area contributed by atoms with Gasteiger partial charge in [-0.15, -0.1) is 11.8 Å². The molecular weight excluding hydrogens is 218 g/mol. The lowest BCUT2D eigenvalue weighted by atomic mass is 9.89. The summed E-state index contributed by atoms with van der Waals surface area (Å²) in [5.41, 5.74) is 0.879. The SMILES string of the molecule is CSc1ccc(C2(N=C=O)CCCC2)cc1. The molecule has 0 N–H and O–H groups in total. The van der Waals surface area contributed by atoms with Crippen LogP contribution >= 0.6 is 11.8 Å². The van der Waals surface area contributed by atoms with Gasteiger partial charge in [0, 0.05) is 4.90 Å². The van der Waals surface area contributed by atoms with Crippen LogP contribution in [0.2, 0.25) is 0 Å². The van der Waals surface area contributed by atoms with E-state index >= 15 is 0 Å². The highest BCUT2D eigenvalue weighted by atomic mass is 32.2. The Bertz CT molecular complexity index is 400. The number of carbonyl (C=O) groups excluding carboxylic acids is 1. The number of aliphatic imine (C=N–C) groups is 1. The summed E-state index contributed by atoms with van der Waals surface area (Å²) in [6.07, 6.45) is 8.05. The molecule has 1 saturated carbocycles. The number of hydrogen-bond donors (Lipinski definition) is 0. The van der Waals surface area contributed by atoms with Crippen LogP contribution in [0.25, 0.3) is 0 Å². The second-order valence-corrected chi connectivity index (χ2v) is 5.05. The molecule has 3 heteroatoms. The van der Waals surface area contributed by atoms with Gasteiger partial charge in [0.05, 0.1) is 5.54 Å². The molecule has 0 radical (unpaired) electrons. The summed E-state index contributed by atoms with van der Waals surface area (Å²) in [4.78, 5) is 15.9. The summed E-state index contributed by atoms with van der Waals surface area (Å²) in [7, 11) is 0. The van der Waals surface area contributed by atoms with Gasteiger partial charge in [-0.05, 0) is 36.8 Å². The molecule has 1 fully saturated rings. The Morgan fingerprint density at radius 2 is 1.88 bits per heavy atom. The predicted octanol–water partition coefficient (Wildman–Crippen LogP) is 3.51. The van der Waals surface area contributed by atoms with Gasteiger partial charge in [-0.2, -0.15) is 4.99 Å². The van der Waals surface area contributed by atoms with Crippen molar-refractivity contribution in [3.8, 4) is 0 Å². The Hall–Kier alpha value is -1.05. The van der Waals surface area contributed by atoms with E-state index in [1.165, 1.54) is 4.90 Å². The first-order valence-electron chi connectivity index (χ1n) is 5.54. The molecule has 0 aromatic heterocycles. The van der Waals surface area contributed by atoms with Crippen molar-refractivity contribution in [3.05, 3.63) is 29.8 Å².